The lowest BCUT2D eigenvalue weighted by atomic mass is 10.2. The second-order valence-corrected chi connectivity index (χ2v) is 5.62. The molecular weight excluding hydrogens is 308 g/mol. The topological polar surface area (TPSA) is 56.2 Å². The van der Waals surface area contributed by atoms with E-state index in [2.05, 4.69) is 15.1 Å². The SMILES string of the molecule is CSc1nc2ccc(Cl)cc2c2nc(-c3ccco3)nn12. The summed E-state index contributed by atoms with van der Waals surface area (Å²) in [5.41, 5.74) is 1.56. The number of halogens is 1. The van der Waals surface area contributed by atoms with Crippen LogP contribution in [-0.4, -0.2) is 25.8 Å². The van der Waals surface area contributed by atoms with E-state index in [0.29, 0.717) is 16.6 Å². The highest BCUT2D eigenvalue weighted by molar-refractivity contribution is 7.98. The van der Waals surface area contributed by atoms with Gasteiger partial charge in [0.15, 0.2) is 16.6 Å². The molecule has 4 aromatic rings. The van der Waals surface area contributed by atoms with Gasteiger partial charge in [-0.1, -0.05) is 23.4 Å². The van der Waals surface area contributed by atoms with E-state index in [-0.39, 0.29) is 0 Å². The molecule has 0 atom stereocenters. The first-order chi connectivity index (χ1) is 10.3. The Bertz CT molecular complexity index is 949. The summed E-state index contributed by atoms with van der Waals surface area (Å²) < 4.78 is 7.09. The van der Waals surface area contributed by atoms with Gasteiger partial charge >= 0.3 is 0 Å². The van der Waals surface area contributed by atoms with Crippen LogP contribution in [0.3, 0.4) is 0 Å². The monoisotopic (exact) mass is 316 g/mol. The van der Waals surface area contributed by atoms with Crippen molar-refractivity contribution in [3.05, 3.63) is 41.6 Å². The van der Waals surface area contributed by atoms with Crippen LogP contribution in [0.25, 0.3) is 28.1 Å². The predicted octanol–water partition coefficient (Wildman–Crippen LogP) is 3.91. The molecule has 7 heteroatoms. The number of furan rings is 1. The highest BCUT2D eigenvalue weighted by Gasteiger charge is 2.15. The normalized spacial score (nSPS) is 11.5. The number of nitrogens with zero attached hydrogens (tertiary/aromatic N) is 4. The molecule has 3 heterocycles. The first-order valence-corrected chi connectivity index (χ1v) is 7.80. The van der Waals surface area contributed by atoms with Gasteiger partial charge in [-0.3, -0.25) is 0 Å². The summed E-state index contributed by atoms with van der Waals surface area (Å²) in [4.78, 5) is 9.17. The van der Waals surface area contributed by atoms with E-state index in [1.54, 1.807) is 10.8 Å². The molecule has 0 aliphatic rings. The summed E-state index contributed by atoms with van der Waals surface area (Å²) in [6.07, 6.45) is 3.56. The minimum absolute atomic E-state index is 0.532. The molecule has 0 saturated heterocycles. The lowest BCUT2D eigenvalue weighted by molar-refractivity contribution is 0.576. The standard InChI is InChI=1S/C14H9ClN4OS/c1-21-14-16-10-5-4-8(15)7-9(10)13-17-12(18-19(13)14)11-3-2-6-20-11/h2-7H,1H3. The summed E-state index contributed by atoms with van der Waals surface area (Å²) in [5, 5.41) is 6.77. The zero-order valence-corrected chi connectivity index (χ0v) is 12.5. The average Bonchev–Trinajstić information content (AvgIpc) is 3.15. The fourth-order valence-electron chi connectivity index (χ4n) is 2.20. The Morgan fingerprint density at radius 3 is 2.90 bits per heavy atom. The summed E-state index contributed by atoms with van der Waals surface area (Å²) in [6, 6.07) is 9.20. The molecule has 4 rings (SSSR count). The Kier molecular flexibility index (Phi) is 2.87. The molecule has 5 nitrogen and oxygen atoms in total. The maximum Gasteiger partial charge on any atom is 0.218 e. The van der Waals surface area contributed by atoms with Crippen molar-refractivity contribution >= 4 is 39.9 Å². The van der Waals surface area contributed by atoms with E-state index >= 15 is 0 Å². The fraction of sp³-hybridized carbons (Fsp3) is 0.0714. The van der Waals surface area contributed by atoms with Gasteiger partial charge < -0.3 is 4.42 Å². The quantitative estimate of drug-likeness (QED) is 0.414. The number of aromatic nitrogens is 4. The van der Waals surface area contributed by atoms with Gasteiger partial charge in [0.1, 0.15) is 0 Å². The molecule has 0 aliphatic heterocycles. The lowest BCUT2D eigenvalue weighted by Crippen LogP contribution is -1.97. The van der Waals surface area contributed by atoms with Crippen molar-refractivity contribution in [3.8, 4) is 11.6 Å². The Labute approximate surface area is 129 Å². The highest BCUT2D eigenvalue weighted by atomic mass is 35.5. The van der Waals surface area contributed by atoms with E-state index in [0.717, 1.165) is 21.7 Å². The highest BCUT2D eigenvalue weighted by Crippen LogP contribution is 2.27. The van der Waals surface area contributed by atoms with Crippen LogP contribution in [0.15, 0.2) is 46.2 Å². The van der Waals surface area contributed by atoms with Gasteiger partial charge in [-0.05, 0) is 36.6 Å². The van der Waals surface area contributed by atoms with E-state index < -0.39 is 0 Å². The van der Waals surface area contributed by atoms with Gasteiger partial charge in [0.05, 0.1) is 11.8 Å². The van der Waals surface area contributed by atoms with Crippen LogP contribution in [0.4, 0.5) is 0 Å². The molecule has 0 fully saturated rings. The van der Waals surface area contributed by atoms with E-state index in [9.17, 15) is 0 Å². The summed E-state index contributed by atoms with van der Waals surface area (Å²) in [5.74, 6) is 1.16. The van der Waals surface area contributed by atoms with Crippen LogP contribution in [0.5, 0.6) is 0 Å². The van der Waals surface area contributed by atoms with Crippen molar-refractivity contribution < 1.29 is 4.42 Å². The zero-order chi connectivity index (χ0) is 14.4. The Morgan fingerprint density at radius 2 is 2.14 bits per heavy atom. The summed E-state index contributed by atoms with van der Waals surface area (Å²) in [7, 11) is 0. The summed E-state index contributed by atoms with van der Waals surface area (Å²) in [6.45, 7) is 0. The summed E-state index contributed by atoms with van der Waals surface area (Å²) >= 11 is 7.60. The third-order valence-corrected chi connectivity index (χ3v) is 3.99. The molecule has 3 aromatic heterocycles. The van der Waals surface area contributed by atoms with Crippen LogP contribution >= 0.6 is 23.4 Å². The molecule has 0 amide bonds. The smallest absolute Gasteiger partial charge is 0.218 e. The maximum atomic E-state index is 6.09. The zero-order valence-electron chi connectivity index (χ0n) is 10.9. The van der Waals surface area contributed by atoms with Crippen LogP contribution in [0.1, 0.15) is 0 Å². The van der Waals surface area contributed by atoms with Gasteiger partial charge in [-0.2, -0.15) is 4.52 Å². The third kappa shape index (κ3) is 1.99. The molecule has 1 aromatic carbocycles. The van der Waals surface area contributed by atoms with Crippen molar-refractivity contribution in [2.75, 3.05) is 6.26 Å². The number of hydrogen-bond donors (Lipinski definition) is 0. The molecule has 21 heavy (non-hydrogen) atoms. The van der Waals surface area contributed by atoms with Crippen molar-refractivity contribution in [1.29, 1.82) is 0 Å². The number of rotatable bonds is 2. The van der Waals surface area contributed by atoms with Crippen molar-refractivity contribution in [3.63, 3.8) is 0 Å². The fourth-order valence-corrected chi connectivity index (χ4v) is 2.86. The van der Waals surface area contributed by atoms with Crippen molar-refractivity contribution in [2.45, 2.75) is 5.16 Å². The van der Waals surface area contributed by atoms with Crippen molar-refractivity contribution in [2.24, 2.45) is 0 Å². The van der Waals surface area contributed by atoms with E-state index in [1.807, 2.05) is 36.6 Å². The van der Waals surface area contributed by atoms with Crippen LogP contribution in [0.2, 0.25) is 5.02 Å². The number of fused-ring (bicyclic) bond motifs is 3. The minimum Gasteiger partial charge on any atom is -0.461 e. The maximum absolute atomic E-state index is 6.09. The third-order valence-electron chi connectivity index (χ3n) is 3.13. The second kappa shape index (κ2) is 4.75. The molecule has 0 spiro atoms. The van der Waals surface area contributed by atoms with Gasteiger partial charge in [0, 0.05) is 10.4 Å². The van der Waals surface area contributed by atoms with Gasteiger partial charge in [0.2, 0.25) is 5.82 Å². The molecule has 0 saturated carbocycles. The molecule has 0 N–H and O–H groups in total. The Hall–Kier alpha value is -2.05. The molecule has 0 unspecified atom stereocenters. The first kappa shape index (κ1) is 12.7. The molecular formula is C14H9ClN4OS. The van der Waals surface area contributed by atoms with Crippen LogP contribution in [-0.2, 0) is 0 Å². The van der Waals surface area contributed by atoms with Crippen LogP contribution < -0.4 is 0 Å². The Balaban J connectivity index is 2.11. The average molecular weight is 317 g/mol. The van der Waals surface area contributed by atoms with E-state index in [4.69, 9.17) is 16.0 Å². The minimum atomic E-state index is 0.532. The van der Waals surface area contributed by atoms with Crippen molar-refractivity contribution in [1.82, 2.24) is 19.6 Å². The second-order valence-electron chi connectivity index (χ2n) is 4.41. The number of thioether (sulfide) groups is 1. The van der Waals surface area contributed by atoms with E-state index in [1.165, 1.54) is 11.8 Å². The largest absolute Gasteiger partial charge is 0.461 e. The van der Waals surface area contributed by atoms with Gasteiger partial charge in [0.25, 0.3) is 0 Å². The van der Waals surface area contributed by atoms with Gasteiger partial charge in [-0.25, -0.2) is 9.97 Å². The number of benzene rings is 1. The molecule has 0 radical (unpaired) electrons. The molecule has 104 valence electrons. The first-order valence-electron chi connectivity index (χ1n) is 6.20. The molecule has 0 bridgehead atoms. The van der Waals surface area contributed by atoms with Gasteiger partial charge in [-0.15, -0.1) is 5.10 Å². The Morgan fingerprint density at radius 1 is 1.24 bits per heavy atom. The predicted molar refractivity (Wildman–Crippen MR) is 82.8 cm³/mol. The lowest BCUT2D eigenvalue weighted by Gasteiger charge is -2.03. The van der Waals surface area contributed by atoms with Crippen LogP contribution in [0, 0.1) is 0 Å². The molecule has 0 aliphatic carbocycles. The number of hydrogen-bond acceptors (Lipinski definition) is 5.